The second kappa shape index (κ2) is 5.38. The van der Waals surface area contributed by atoms with Gasteiger partial charge in [0.2, 0.25) is 0 Å². The summed E-state index contributed by atoms with van der Waals surface area (Å²) in [5, 5.41) is 1.80. The molecule has 3 nitrogen and oxygen atoms in total. The molecule has 5 heteroatoms. The van der Waals surface area contributed by atoms with E-state index in [1.165, 1.54) is 0 Å². The van der Waals surface area contributed by atoms with Crippen molar-refractivity contribution in [3.63, 3.8) is 0 Å². The predicted octanol–water partition coefficient (Wildman–Crippen LogP) is 2.23. The van der Waals surface area contributed by atoms with E-state index in [-0.39, 0.29) is 0 Å². The van der Waals surface area contributed by atoms with E-state index in [0.29, 0.717) is 17.0 Å². The van der Waals surface area contributed by atoms with Crippen molar-refractivity contribution in [2.75, 3.05) is 5.75 Å². The maximum absolute atomic E-state index is 5.60. The highest BCUT2D eigenvalue weighted by Crippen LogP contribution is 2.42. The van der Waals surface area contributed by atoms with E-state index in [9.17, 15) is 0 Å². The molecule has 1 aromatic rings. The molecule has 2 N–H and O–H groups in total. The number of thioether (sulfide) groups is 2. The van der Waals surface area contributed by atoms with Gasteiger partial charge < -0.3 is 5.73 Å². The molecule has 0 bridgehead atoms. The zero-order valence-corrected chi connectivity index (χ0v) is 11.2. The number of nitrogens with zero attached hydrogens (tertiary/aromatic N) is 2. The molecular weight excluding hydrogens is 238 g/mol. The molecule has 0 radical (unpaired) electrons. The van der Waals surface area contributed by atoms with Crippen molar-refractivity contribution in [1.29, 1.82) is 0 Å². The Morgan fingerprint density at radius 1 is 1.44 bits per heavy atom. The van der Waals surface area contributed by atoms with Gasteiger partial charge in [0.05, 0.1) is 10.9 Å². The van der Waals surface area contributed by atoms with Gasteiger partial charge in [-0.15, -0.1) is 11.8 Å². The summed E-state index contributed by atoms with van der Waals surface area (Å²) < 4.78 is 0. The summed E-state index contributed by atoms with van der Waals surface area (Å²) in [5.41, 5.74) is 6.53. The fourth-order valence-electron chi connectivity index (χ4n) is 1.60. The average molecular weight is 255 g/mol. The maximum atomic E-state index is 5.60. The summed E-state index contributed by atoms with van der Waals surface area (Å²) in [6.45, 7) is 5.06. The first-order chi connectivity index (χ1) is 7.70. The Labute approximate surface area is 105 Å². The topological polar surface area (TPSA) is 51.8 Å². The van der Waals surface area contributed by atoms with Crippen molar-refractivity contribution >= 4 is 23.5 Å². The fraction of sp³-hybridized carbons (Fsp3) is 0.636. The molecule has 2 heterocycles. The highest BCUT2D eigenvalue weighted by molar-refractivity contribution is 8.07. The Kier molecular flexibility index (Phi) is 4.10. The lowest BCUT2D eigenvalue weighted by Gasteiger charge is -2.30. The Morgan fingerprint density at radius 2 is 2.25 bits per heavy atom. The molecule has 16 heavy (non-hydrogen) atoms. The molecule has 0 spiro atoms. The van der Waals surface area contributed by atoms with Gasteiger partial charge in [-0.3, -0.25) is 0 Å². The number of hydrogen-bond acceptors (Lipinski definition) is 5. The zero-order chi connectivity index (χ0) is 11.5. The van der Waals surface area contributed by atoms with Crippen LogP contribution in [0.3, 0.4) is 0 Å². The van der Waals surface area contributed by atoms with Crippen LogP contribution < -0.4 is 5.73 Å². The Hall–Kier alpha value is -0.260. The van der Waals surface area contributed by atoms with Gasteiger partial charge in [0.25, 0.3) is 0 Å². The van der Waals surface area contributed by atoms with Crippen molar-refractivity contribution in [3.8, 4) is 0 Å². The minimum Gasteiger partial charge on any atom is -0.325 e. The van der Waals surface area contributed by atoms with E-state index in [1.807, 2.05) is 35.8 Å². The summed E-state index contributed by atoms with van der Waals surface area (Å²) in [6.07, 6.45) is 1.82. The molecule has 1 aliphatic heterocycles. The summed E-state index contributed by atoms with van der Waals surface area (Å²) in [7, 11) is 0. The molecular formula is C11H17N3S2. The smallest absolute Gasteiger partial charge is 0.142 e. The zero-order valence-electron chi connectivity index (χ0n) is 9.59. The molecule has 0 amide bonds. The van der Waals surface area contributed by atoms with Crippen molar-refractivity contribution in [1.82, 2.24) is 9.97 Å². The Morgan fingerprint density at radius 3 is 2.94 bits per heavy atom. The number of nitrogens with two attached hydrogens (primary N) is 1. The van der Waals surface area contributed by atoms with Gasteiger partial charge in [-0.05, 0) is 6.07 Å². The minimum atomic E-state index is 0.419. The number of rotatable bonds is 2. The van der Waals surface area contributed by atoms with Crippen LogP contribution in [0, 0.1) is 0 Å². The monoisotopic (exact) mass is 255 g/mol. The van der Waals surface area contributed by atoms with Crippen molar-refractivity contribution in [3.05, 3.63) is 23.8 Å². The molecule has 1 aliphatic rings. The number of hydrogen-bond donors (Lipinski definition) is 1. The highest BCUT2D eigenvalue weighted by atomic mass is 32.2. The second-order valence-corrected chi connectivity index (χ2v) is 6.97. The van der Waals surface area contributed by atoms with E-state index in [1.54, 1.807) is 0 Å². The van der Waals surface area contributed by atoms with Crippen LogP contribution in [0.2, 0.25) is 0 Å². The highest BCUT2D eigenvalue weighted by Gasteiger charge is 2.28. The summed E-state index contributed by atoms with van der Waals surface area (Å²) in [6, 6.07) is 1.89. The summed E-state index contributed by atoms with van der Waals surface area (Å²) in [5.74, 6) is 2.05. The normalized spacial score (nSPS) is 30.3. The molecule has 3 unspecified atom stereocenters. The SMILES string of the molecule is CC1SCC(c2nccc(CN)n2)SC1C. The van der Waals surface area contributed by atoms with E-state index < -0.39 is 0 Å². The summed E-state index contributed by atoms with van der Waals surface area (Å²) in [4.78, 5) is 8.87. The van der Waals surface area contributed by atoms with Crippen LogP contribution in [0.15, 0.2) is 12.3 Å². The molecule has 3 atom stereocenters. The lowest BCUT2D eigenvalue weighted by Crippen LogP contribution is -2.23. The largest absolute Gasteiger partial charge is 0.325 e. The third-order valence-electron chi connectivity index (χ3n) is 2.78. The van der Waals surface area contributed by atoms with Gasteiger partial charge >= 0.3 is 0 Å². The van der Waals surface area contributed by atoms with Crippen LogP contribution in [0.1, 0.15) is 30.6 Å². The third-order valence-corrected chi connectivity index (χ3v) is 6.17. The van der Waals surface area contributed by atoms with Crippen molar-refractivity contribution in [2.45, 2.75) is 36.1 Å². The Balaban J connectivity index is 2.12. The van der Waals surface area contributed by atoms with Crippen LogP contribution >= 0.6 is 23.5 Å². The molecule has 1 saturated heterocycles. The lowest BCUT2D eigenvalue weighted by atomic mass is 10.3. The molecule has 0 aromatic carbocycles. The Bertz CT molecular complexity index is 359. The van der Waals surface area contributed by atoms with Crippen LogP contribution in [-0.4, -0.2) is 26.2 Å². The number of aromatic nitrogens is 2. The van der Waals surface area contributed by atoms with Gasteiger partial charge in [-0.25, -0.2) is 9.97 Å². The van der Waals surface area contributed by atoms with E-state index in [0.717, 1.165) is 22.5 Å². The van der Waals surface area contributed by atoms with Gasteiger partial charge in [0, 0.05) is 29.0 Å². The first-order valence-corrected chi connectivity index (χ1v) is 7.49. The van der Waals surface area contributed by atoms with Gasteiger partial charge in [0.1, 0.15) is 5.82 Å². The average Bonchev–Trinajstić information content (AvgIpc) is 2.33. The van der Waals surface area contributed by atoms with Crippen molar-refractivity contribution < 1.29 is 0 Å². The van der Waals surface area contributed by atoms with Crippen LogP contribution in [0.4, 0.5) is 0 Å². The minimum absolute atomic E-state index is 0.419. The van der Waals surface area contributed by atoms with Crippen molar-refractivity contribution in [2.24, 2.45) is 5.73 Å². The molecule has 0 aliphatic carbocycles. The molecule has 1 aromatic heterocycles. The fourth-order valence-corrected chi connectivity index (χ4v) is 4.45. The standard InChI is InChI=1S/C11H17N3S2/c1-7-8(2)16-10(6-15-7)11-13-4-3-9(5-12)14-11/h3-4,7-8,10H,5-6,12H2,1-2H3. The van der Waals surface area contributed by atoms with E-state index in [4.69, 9.17) is 5.73 Å². The van der Waals surface area contributed by atoms with Gasteiger partial charge in [0.15, 0.2) is 0 Å². The molecule has 0 saturated carbocycles. The third kappa shape index (κ3) is 2.70. The van der Waals surface area contributed by atoms with Crippen LogP contribution in [0.25, 0.3) is 0 Å². The van der Waals surface area contributed by atoms with Gasteiger partial charge in [-0.2, -0.15) is 11.8 Å². The first kappa shape index (κ1) is 12.2. The first-order valence-electron chi connectivity index (χ1n) is 5.49. The lowest BCUT2D eigenvalue weighted by molar-refractivity contribution is 0.836. The van der Waals surface area contributed by atoms with E-state index in [2.05, 4.69) is 23.8 Å². The van der Waals surface area contributed by atoms with Crippen LogP contribution in [-0.2, 0) is 6.54 Å². The second-order valence-electron chi connectivity index (χ2n) is 3.98. The maximum Gasteiger partial charge on any atom is 0.142 e. The summed E-state index contributed by atoms with van der Waals surface area (Å²) >= 11 is 3.99. The van der Waals surface area contributed by atoms with Gasteiger partial charge in [-0.1, -0.05) is 13.8 Å². The molecule has 88 valence electrons. The molecule has 1 fully saturated rings. The van der Waals surface area contributed by atoms with Crippen LogP contribution in [0.5, 0.6) is 0 Å². The quantitative estimate of drug-likeness (QED) is 0.878. The van der Waals surface area contributed by atoms with E-state index >= 15 is 0 Å². The predicted molar refractivity (Wildman–Crippen MR) is 71.6 cm³/mol. The molecule has 2 rings (SSSR count).